The Balaban J connectivity index is 2.93. The quantitative estimate of drug-likeness (QED) is 0.365. The highest BCUT2D eigenvalue weighted by Crippen LogP contribution is 2.45. The molecule has 0 saturated heterocycles. The summed E-state index contributed by atoms with van der Waals surface area (Å²) in [5, 5.41) is 14.4. The molecule has 0 radical (unpaired) electrons. The van der Waals surface area contributed by atoms with E-state index in [0.29, 0.717) is 18.1 Å². The molecule has 1 saturated carbocycles. The van der Waals surface area contributed by atoms with Crippen molar-refractivity contribution in [1.82, 2.24) is 21.3 Å². The van der Waals surface area contributed by atoms with E-state index in [4.69, 9.17) is 9.98 Å². The minimum atomic E-state index is 0.177. The molecule has 0 spiro atoms. The van der Waals surface area contributed by atoms with Gasteiger partial charge in [0.15, 0.2) is 11.9 Å². The van der Waals surface area contributed by atoms with Crippen LogP contribution >= 0.6 is 0 Å². The highest BCUT2D eigenvalue weighted by molar-refractivity contribution is 5.81. The number of guanidine groups is 2. The van der Waals surface area contributed by atoms with E-state index in [0.717, 1.165) is 31.3 Å². The summed E-state index contributed by atoms with van der Waals surface area (Å²) in [6, 6.07) is 1.64. The lowest BCUT2D eigenvalue weighted by Crippen LogP contribution is -2.54. The Morgan fingerprint density at radius 1 is 0.800 bits per heavy atom. The van der Waals surface area contributed by atoms with Crippen molar-refractivity contribution in [2.75, 3.05) is 6.54 Å². The summed E-state index contributed by atoms with van der Waals surface area (Å²) in [5.41, 5.74) is 0.449. The van der Waals surface area contributed by atoms with Gasteiger partial charge in [0.2, 0.25) is 0 Å². The molecule has 6 nitrogen and oxygen atoms in total. The van der Waals surface area contributed by atoms with Crippen molar-refractivity contribution in [1.29, 1.82) is 0 Å². The molecular weight excluding hydrogens is 372 g/mol. The molecule has 6 heteroatoms. The van der Waals surface area contributed by atoms with Crippen molar-refractivity contribution in [3.63, 3.8) is 0 Å². The van der Waals surface area contributed by atoms with Crippen molar-refractivity contribution in [2.45, 2.75) is 126 Å². The predicted molar refractivity (Wildman–Crippen MR) is 132 cm³/mol. The zero-order valence-corrected chi connectivity index (χ0v) is 21.6. The second kappa shape index (κ2) is 11.2. The van der Waals surface area contributed by atoms with Crippen molar-refractivity contribution in [3.05, 3.63) is 0 Å². The van der Waals surface area contributed by atoms with Gasteiger partial charge in [-0.2, -0.15) is 0 Å². The fourth-order valence-electron chi connectivity index (χ4n) is 4.67. The van der Waals surface area contributed by atoms with Crippen LogP contribution in [0.3, 0.4) is 0 Å². The molecular formula is C24H50N6. The summed E-state index contributed by atoms with van der Waals surface area (Å²) in [4.78, 5) is 9.55. The fourth-order valence-corrected chi connectivity index (χ4v) is 4.67. The molecule has 30 heavy (non-hydrogen) atoms. The van der Waals surface area contributed by atoms with Gasteiger partial charge in [-0.1, -0.05) is 20.8 Å². The van der Waals surface area contributed by atoms with Crippen LogP contribution in [0.5, 0.6) is 0 Å². The van der Waals surface area contributed by atoms with Crippen LogP contribution in [0.15, 0.2) is 9.98 Å². The van der Waals surface area contributed by atoms with Gasteiger partial charge in [-0.15, -0.1) is 0 Å². The zero-order chi connectivity index (χ0) is 23.1. The monoisotopic (exact) mass is 422 g/mol. The maximum Gasteiger partial charge on any atom is 0.191 e. The zero-order valence-electron chi connectivity index (χ0n) is 21.6. The number of aliphatic imine (C=N–C) groups is 2. The van der Waals surface area contributed by atoms with Crippen LogP contribution in [0.1, 0.15) is 95.4 Å². The normalized spacial score (nSPS) is 25.2. The smallest absolute Gasteiger partial charge is 0.191 e. The number of hydrogen-bond acceptors (Lipinski definition) is 2. The Labute approximate surface area is 186 Å². The second-order valence-electron chi connectivity index (χ2n) is 11.5. The summed E-state index contributed by atoms with van der Waals surface area (Å²) < 4.78 is 0. The molecule has 0 heterocycles. The van der Waals surface area contributed by atoms with E-state index in [1.54, 1.807) is 0 Å². The molecule has 1 aliphatic rings. The van der Waals surface area contributed by atoms with Gasteiger partial charge in [0.25, 0.3) is 0 Å². The second-order valence-corrected chi connectivity index (χ2v) is 11.5. The number of nitrogens with zero attached hydrogens (tertiary/aromatic N) is 2. The molecule has 1 fully saturated rings. The third-order valence-electron chi connectivity index (χ3n) is 5.09. The van der Waals surface area contributed by atoms with Gasteiger partial charge in [-0.05, 0) is 85.5 Å². The van der Waals surface area contributed by atoms with E-state index in [1.807, 2.05) is 0 Å². The molecule has 0 aromatic rings. The summed E-state index contributed by atoms with van der Waals surface area (Å²) in [6.45, 7) is 25.2. The fraction of sp³-hybridized carbons (Fsp3) is 0.917. The van der Waals surface area contributed by atoms with E-state index in [1.165, 1.54) is 6.42 Å². The summed E-state index contributed by atoms with van der Waals surface area (Å²) in [7, 11) is 0. The molecule has 0 aromatic carbocycles. The third kappa shape index (κ3) is 10.5. The van der Waals surface area contributed by atoms with Crippen LogP contribution in [0.4, 0.5) is 0 Å². The summed E-state index contributed by atoms with van der Waals surface area (Å²) in [5.74, 6) is 1.85. The molecule has 176 valence electrons. The lowest BCUT2D eigenvalue weighted by atomic mass is 9.62. The van der Waals surface area contributed by atoms with Crippen molar-refractivity contribution >= 4 is 11.9 Å². The van der Waals surface area contributed by atoms with Gasteiger partial charge in [0, 0.05) is 36.8 Å². The molecule has 4 N–H and O–H groups in total. The summed E-state index contributed by atoms with van der Waals surface area (Å²) >= 11 is 0. The molecule has 0 amide bonds. The maximum absolute atomic E-state index is 4.80. The number of nitrogens with one attached hydrogen (secondary N) is 4. The van der Waals surface area contributed by atoms with Gasteiger partial charge in [0.05, 0.1) is 0 Å². The van der Waals surface area contributed by atoms with E-state index in [9.17, 15) is 0 Å². The maximum atomic E-state index is 4.80. The van der Waals surface area contributed by atoms with E-state index >= 15 is 0 Å². The first-order chi connectivity index (χ1) is 13.7. The molecule has 2 unspecified atom stereocenters. The Hall–Kier alpha value is -1.46. The first-order valence-electron chi connectivity index (χ1n) is 11.9. The largest absolute Gasteiger partial charge is 0.356 e. The highest BCUT2D eigenvalue weighted by atomic mass is 15.2. The van der Waals surface area contributed by atoms with Gasteiger partial charge in [-0.3, -0.25) is 9.98 Å². The van der Waals surface area contributed by atoms with Gasteiger partial charge >= 0.3 is 0 Å². The first-order valence-corrected chi connectivity index (χ1v) is 11.9. The van der Waals surface area contributed by atoms with Crippen LogP contribution in [0, 0.1) is 10.8 Å². The van der Waals surface area contributed by atoms with Crippen molar-refractivity contribution in [3.8, 4) is 0 Å². The minimum Gasteiger partial charge on any atom is -0.356 e. The van der Waals surface area contributed by atoms with Crippen LogP contribution in [-0.4, -0.2) is 48.7 Å². The molecule has 1 aliphatic carbocycles. The molecule has 0 aromatic heterocycles. The Morgan fingerprint density at radius 2 is 1.30 bits per heavy atom. The van der Waals surface area contributed by atoms with Crippen LogP contribution < -0.4 is 21.3 Å². The Bertz CT molecular complexity index is 576. The Morgan fingerprint density at radius 3 is 1.80 bits per heavy atom. The Kier molecular flexibility index (Phi) is 9.96. The average Bonchev–Trinajstić information content (AvgIpc) is 2.48. The summed E-state index contributed by atoms with van der Waals surface area (Å²) in [6.07, 6.45) is 3.45. The third-order valence-corrected chi connectivity index (χ3v) is 5.09. The standard InChI is InChI=1S/C24H50N6/c1-16(2)26-21(27-17(3)4)25-15-24(11)13-20(12-23(9,10)14-24)30-22(28-18(5)6)29-19(7)8/h16-20H,12-15H2,1-11H3,(H2,25,26,27)(H2,28,29,30). The topological polar surface area (TPSA) is 72.8 Å². The average molecular weight is 423 g/mol. The van der Waals surface area contributed by atoms with Gasteiger partial charge < -0.3 is 21.3 Å². The van der Waals surface area contributed by atoms with Crippen LogP contribution in [0.2, 0.25) is 0 Å². The van der Waals surface area contributed by atoms with Gasteiger partial charge in [-0.25, -0.2) is 0 Å². The molecule has 2 atom stereocenters. The van der Waals surface area contributed by atoms with E-state index in [2.05, 4.69) is 97.4 Å². The number of rotatable bonds is 7. The highest BCUT2D eigenvalue weighted by Gasteiger charge is 2.41. The minimum absolute atomic E-state index is 0.177. The van der Waals surface area contributed by atoms with Crippen molar-refractivity contribution < 1.29 is 0 Å². The van der Waals surface area contributed by atoms with Crippen LogP contribution in [-0.2, 0) is 0 Å². The lowest BCUT2D eigenvalue weighted by molar-refractivity contribution is 0.0797. The van der Waals surface area contributed by atoms with E-state index in [-0.39, 0.29) is 22.9 Å². The first kappa shape index (κ1) is 26.6. The predicted octanol–water partition coefficient (Wildman–Crippen LogP) is 4.28. The SMILES string of the molecule is CC(C)/N=C(/NC(C)C)NC1CC(C)(C)CC(C)(CN/C(=N\C(C)C)NC(C)C)C1. The molecule has 0 aliphatic heterocycles. The lowest BCUT2D eigenvalue weighted by Gasteiger charge is -2.47. The van der Waals surface area contributed by atoms with Gasteiger partial charge in [0.1, 0.15) is 0 Å². The molecule has 0 bridgehead atoms. The van der Waals surface area contributed by atoms with Crippen LogP contribution in [0.25, 0.3) is 0 Å². The van der Waals surface area contributed by atoms with Crippen molar-refractivity contribution in [2.24, 2.45) is 20.8 Å². The number of hydrogen-bond donors (Lipinski definition) is 4. The molecule has 1 rings (SSSR count). The van der Waals surface area contributed by atoms with E-state index < -0.39 is 0 Å².